The van der Waals surface area contributed by atoms with Crippen LogP contribution in [0.25, 0.3) is 0 Å². The molecule has 0 amide bonds. The van der Waals surface area contributed by atoms with Gasteiger partial charge in [-0.3, -0.25) is 0 Å². The average Bonchev–Trinajstić information content (AvgIpc) is 2.37. The summed E-state index contributed by atoms with van der Waals surface area (Å²) in [6.45, 7) is 6.24. The standard InChI is InChI=1S/C15H25NO2/c1-3-16-13(2)12-14-6-8-15(9-7-14)18-11-5-4-10-17/h6-9,13,16-17H,3-5,10-12H2,1-2H3. The number of unbranched alkanes of at least 4 members (excludes halogenated alkanes) is 1. The summed E-state index contributed by atoms with van der Waals surface area (Å²) in [6, 6.07) is 8.79. The van der Waals surface area contributed by atoms with Gasteiger partial charge in [-0.2, -0.15) is 0 Å². The van der Waals surface area contributed by atoms with Gasteiger partial charge in [0.1, 0.15) is 5.75 Å². The lowest BCUT2D eigenvalue weighted by molar-refractivity contribution is 0.253. The zero-order valence-corrected chi connectivity index (χ0v) is 11.5. The van der Waals surface area contributed by atoms with Crippen molar-refractivity contribution in [3.63, 3.8) is 0 Å². The fourth-order valence-corrected chi connectivity index (χ4v) is 1.90. The largest absolute Gasteiger partial charge is 0.494 e. The van der Waals surface area contributed by atoms with Crippen LogP contribution in [-0.2, 0) is 6.42 Å². The first-order chi connectivity index (χ1) is 8.76. The van der Waals surface area contributed by atoms with E-state index in [2.05, 4.69) is 31.3 Å². The molecule has 18 heavy (non-hydrogen) atoms. The van der Waals surface area contributed by atoms with Crippen LogP contribution in [0, 0.1) is 0 Å². The first kappa shape index (κ1) is 15.0. The Kier molecular flexibility index (Phi) is 7.46. The van der Waals surface area contributed by atoms with Crippen molar-refractivity contribution in [1.82, 2.24) is 5.32 Å². The highest BCUT2D eigenvalue weighted by Gasteiger charge is 2.02. The number of aliphatic hydroxyl groups excluding tert-OH is 1. The van der Waals surface area contributed by atoms with Crippen LogP contribution in [0.1, 0.15) is 32.3 Å². The van der Waals surface area contributed by atoms with Gasteiger partial charge in [-0.25, -0.2) is 0 Å². The second kappa shape index (κ2) is 8.95. The third kappa shape index (κ3) is 6.03. The minimum absolute atomic E-state index is 0.241. The molecule has 0 aliphatic carbocycles. The maximum atomic E-state index is 8.67. The van der Waals surface area contributed by atoms with E-state index in [1.165, 1.54) is 5.56 Å². The van der Waals surface area contributed by atoms with Crippen molar-refractivity contribution in [2.45, 2.75) is 39.2 Å². The highest BCUT2D eigenvalue weighted by Crippen LogP contribution is 2.13. The monoisotopic (exact) mass is 251 g/mol. The molecule has 3 heteroatoms. The smallest absolute Gasteiger partial charge is 0.119 e. The molecule has 2 N–H and O–H groups in total. The molecule has 1 unspecified atom stereocenters. The third-order valence-corrected chi connectivity index (χ3v) is 2.84. The van der Waals surface area contributed by atoms with Crippen molar-refractivity contribution >= 4 is 0 Å². The van der Waals surface area contributed by atoms with Gasteiger partial charge in [0.05, 0.1) is 6.61 Å². The molecule has 1 aromatic carbocycles. The minimum atomic E-state index is 0.241. The van der Waals surface area contributed by atoms with Gasteiger partial charge in [0.25, 0.3) is 0 Å². The molecule has 0 aliphatic heterocycles. The van der Waals surface area contributed by atoms with Crippen molar-refractivity contribution in [2.24, 2.45) is 0 Å². The van der Waals surface area contributed by atoms with Crippen LogP contribution in [0.5, 0.6) is 5.75 Å². The molecule has 0 bridgehead atoms. The van der Waals surface area contributed by atoms with Crippen molar-refractivity contribution in [3.05, 3.63) is 29.8 Å². The zero-order chi connectivity index (χ0) is 13.2. The van der Waals surface area contributed by atoms with Crippen LogP contribution >= 0.6 is 0 Å². The molecule has 0 fully saturated rings. The average molecular weight is 251 g/mol. The van der Waals surface area contributed by atoms with Crippen LogP contribution in [0.15, 0.2) is 24.3 Å². The third-order valence-electron chi connectivity index (χ3n) is 2.84. The van der Waals surface area contributed by atoms with E-state index in [0.29, 0.717) is 12.6 Å². The summed E-state index contributed by atoms with van der Waals surface area (Å²) in [5.41, 5.74) is 1.33. The van der Waals surface area contributed by atoms with E-state index in [1.54, 1.807) is 0 Å². The van der Waals surface area contributed by atoms with Crippen molar-refractivity contribution < 1.29 is 9.84 Å². The molecule has 0 heterocycles. The highest BCUT2D eigenvalue weighted by atomic mass is 16.5. The van der Waals surface area contributed by atoms with Gasteiger partial charge < -0.3 is 15.2 Å². The van der Waals surface area contributed by atoms with E-state index in [4.69, 9.17) is 9.84 Å². The second-order valence-corrected chi connectivity index (χ2v) is 4.59. The molecular formula is C15H25NO2. The second-order valence-electron chi connectivity index (χ2n) is 4.59. The van der Waals surface area contributed by atoms with E-state index >= 15 is 0 Å². The Hall–Kier alpha value is -1.06. The maximum absolute atomic E-state index is 8.67. The van der Waals surface area contributed by atoms with E-state index in [0.717, 1.165) is 31.6 Å². The fourth-order valence-electron chi connectivity index (χ4n) is 1.90. The molecule has 1 rings (SSSR count). The fraction of sp³-hybridized carbons (Fsp3) is 0.600. The summed E-state index contributed by atoms with van der Waals surface area (Å²) in [5, 5.41) is 12.1. The maximum Gasteiger partial charge on any atom is 0.119 e. The molecule has 102 valence electrons. The minimum Gasteiger partial charge on any atom is -0.494 e. The van der Waals surface area contributed by atoms with Gasteiger partial charge in [-0.15, -0.1) is 0 Å². The van der Waals surface area contributed by atoms with Crippen LogP contribution in [0.2, 0.25) is 0 Å². The van der Waals surface area contributed by atoms with Gasteiger partial charge in [-0.05, 0) is 50.4 Å². The van der Waals surface area contributed by atoms with Gasteiger partial charge in [0, 0.05) is 12.6 Å². The summed E-state index contributed by atoms with van der Waals surface area (Å²) < 4.78 is 5.59. The number of ether oxygens (including phenoxy) is 1. The molecule has 1 aromatic rings. The number of hydrogen-bond donors (Lipinski definition) is 2. The summed E-state index contributed by atoms with van der Waals surface area (Å²) in [7, 11) is 0. The molecule has 3 nitrogen and oxygen atoms in total. The normalized spacial score (nSPS) is 12.4. The Labute approximate surface area is 110 Å². The van der Waals surface area contributed by atoms with Gasteiger partial charge >= 0.3 is 0 Å². The topological polar surface area (TPSA) is 41.5 Å². The highest BCUT2D eigenvalue weighted by molar-refractivity contribution is 5.27. The number of hydrogen-bond acceptors (Lipinski definition) is 3. The zero-order valence-electron chi connectivity index (χ0n) is 11.5. The molecule has 0 aliphatic rings. The Morgan fingerprint density at radius 2 is 1.94 bits per heavy atom. The molecule has 0 aromatic heterocycles. The first-order valence-corrected chi connectivity index (χ1v) is 6.82. The predicted molar refractivity (Wildman–Crippen MR) is 75.1 cm³/mol. The first-order valence-electron chi connectivity index (χ1n) is 6.82. The molecule has 0 saturated carbocycles. The lowest BCUT2D eigenvalue weighted by Crippen LogP contribution is -2.27. The molecule has 0 spiro atoms. The lowest BCUT2D eigenvalue weighted by Gasteiger charge is -2.12. The van der Waals surface area contributed by atoms with Crippen LogP contribution in [0.3, 0.4) is 0 Å². The number of aliphatic hydroxyl groups is 1. The summed E-state index contributed by atoms with van der Waals surface area (Å²) in [4.78, 5) is 0. The summed E-state index contributed by atoms with van der Waals surface area (Å²) in [5.74, 6) is 0.910. The molecular weight excluding hydrogens is 226 g/mol. The SMILES string of the molecule is CCNC(C)Cc1ccc(OCCCCO)cc1. The number of nitrogens with one attached hydrogen (secondary N) is 1. The van der Waals surface area contributed by atoms with Crippen molar-refractivity contribution in [1.29, 1.82) is 0 Å². The van der Waals surface area contributed by atoms with E-state index in [1.807, 2.05) is 12.1 Å². The Balaban J connectivity index is 2.33. The molecule has 1 atom stereocenters. The predicted octanol–water partition coefficient (Wildman–Crippen LogP) is 2.38. The van der Waals surface area contributed by atoms with Crippen LogP contribution in [0.4, 0.5) is 0 Å². The summed E-state index contributed by atoms with van der Waals surface area (Å²) in [6.07, 6.45) is 2.74. The van der Waals surface area contributed by atoms with Gasteiger partial charge in [0.15, 0.2) is 0 Å². The Morgan fingerprint density at radius 1 is 1.22 bits per heavy atom. The lowest BCUT2D eigenvalue weighted by atomic mass is 10.1. The molecule has 0 radical (unpaired) electrons. The van der Waals surface area contributed by atoms with Crippen molar-refractivity contribution in [3.8, 4) is 5.75 Å². The molecule has 0 saturated heterocycles. The van der Waals surface area contributed by atoms with E-state index in [-0.39, 0.29) is 6.61 Å². The van der Waals surface area contributed by atoms with Crippen LogP contribution in [-0.4, -0.2) is 30.9 Å². The number of rotatable bonds is 9. The van der Waals surface area contributed by atoms with Crippen LogP contribution < -0.4 is 10.1 Å². The quantitative estimate of drug-likeness (QED) is 0.662. The van der Waals surface area contributed by atoms with Gasteiger partial charge in [-0.1, -0.05) is 19.1 Å². The van der Waals surface area contributed by atoms with Gasteiger partial charge in [0.2, 0.25) is 0 Å². The summed E-state index contributed by atoms with van der Waals surface area (Å²) >= 11 is 0. The van der Waals surface area contributed by atoms with E-state index < -0.39 is 0 Å². The van der Waals surface area contributed by atoms with Crippen molar-refractivity contribution in [2.75, 3.05) is 19.8 Å². The number of benzene rings is 1. The Morgan fingerprint density at radius 3 is 2.56 bits per heavy atom. The Bertz CT molecular complexity index is 311. The number of likely N-dealkylation sites (N-methyl/N-ethyl adjacent to an activating group) is 1. The van der Waals surface area contributed by atoms with E-state index in [9.17, 15) is 0 Å².